The summed E-state index contributed by atoms with van der Waals surface area (Å²) in [5, 5.41) is 23.3. The van der Waals surface area contributed by atoms with E-state index < -0.39 is 12.1 Å². The van der Waals surface area contributed by atoms with Crippen molar-refractivity contribution in [2.45, 2.75) is 437 Å². The number of esters is 1. The van der Waals surface area contributed by atoms with E-state index in [1.165, 1.54) is 347 Å². The summed E-state index contributed by atoms with van der Waals surface area (Å²) in [6, 6.07) is -0.539. The van der Waals surface area contributed by atoms with Crippen LogP contribution >= 0.6 is 0 Å². The fourth-order valence-electron chi connectivity index (χ4n) is 12.0. The van der Waals surface area contributed by atoms with Gasteiger partial charge in [0.15, 0.2) is 0 Å². The fraction of sp³-hybridized carbons (Fsp3) is 0.921. The quantitative estimate of drug-likeness (QED) is 0.0320. The van der Waals surface area contributed by atoms with Crippen LogP contribution in [0.3, 0.4) is 0 Å². The van der Waals surface area contributed by atoms with Crippen molar-refractivity contribution in [3.8, 4) is 0 Å². The normalized spacial score (nSPS) is 12.6. The van der Waals surface area contributed by atoms with Crippen molar-refractivity contribution in [2.75, 3.05) is 13.2 Å². The summed E-state index contributed by atoms with van der Waals surface area (Å²) in [4.78, 5) is 24.6. The predicted octanol–water partition coefficient (Wildman–Crippen LogP) is 24.5. The highest BCUT2D eigenvalue weighted by Crippen LogP contribution is 2.19. The van der Waals surface area contributed by atoms with Gasteiger partial charge in [0.1, 0.15) is 0 Å². The van der Waals surface area contributed by atoms with E-state index in [-0.39, 0.29) is 18.5 Å². The van der Waals surface area contributed by atoms with Crippen molar-refractivity contribution in [1.29, 1.82) is 0 Å². The lowest BCUT2D eigenvalue weighted by Crippen LogP contribution is -2.45. The maximum atomic E-state index is 12.5. The second-order valence-corrected chi connectivity index (χ2v) is 26.0. The number of rotatable bonds is 71. The molecular formula is C76H147NO5. The average molecular weight is 1160 g/mol. The number of hydrogen-bond donors (Lipinski definition) is 3. The monoisotopic (exact) mass is 1150 g/mol. The van der Waals surface area contributed by atoms with E-state index in [2.05, 4.69) is 43.5 Å². The first-order valence-corrected chi connectivity index (χ1v) is 37.6. The zero-order valence-electron chi connectivity index (χ0n) is 55.8. The standard InChI is InChI=1S/C76H147NO5/c1-3-5-7-9-11-13-15-17-40-44-48-52-56-60-64-68-74(79)73(72-78)77-75(80)69-65-61-57-53-49-45-42-38-36-34-32-30-28-26-24-22-20-19-21-23-25-27-29-31-33-35-37-39-43-47-51-55-59-63-67-71-82-76(81)70-66-62-58-54-50-46-41-18-16-14-12-10-8-6-4-2/h21,23,27,29,73-74,78-79H,3-20,22,24-26,28,30-72H2,1-2H3,(H,77,80)/b23-21-,29-27-. The van der Waals surface area contributed by atoms with Crippen molar-refractivity contribution >= 4 is 11.9 Å². The highest BCUT2D eigenvalue weighted by atomic mass is 16.5. The van der Waals surface area contributed by atoms with Gasteiger partial charge in [-0.1, -0.05) is 378 Å². The van der Waals surface area contributed by atoms with E-state index in [0.29, 0.717) is 25.9 Å². The van der Waals surface area contributed by atoms with Gasteiger partial charge in [-0.05, 0) is 57.8 Å². The SMILES string of the molecule is CCCCCCCCCCCCCCCCCC(=O)OCCCCCCCCCCCCC/C=C\C/C=C\CCCCCCCCCCCCCCCCCCCC(=O)NC(CO)C(O)CCCCCCCCCCCCCCCCC. The number of unbranched alkanes of at least 4 members (excludes halogenated alkanes) is 56. The molecule has 0 aromatic rings. The second kappa shape index (κ2) is 71.8. The van der Waals surface area contributed by atoms with Crippen molar-refractivity contribution in [3.63, 3.8) is 0 Å². The lowest BCUT2D eigenvalue weighted by Gasteiger charge is -2.22. The molecule has 3 N–H and O–H groups in total. The molecule has 486 valence electrons. The number of carbonyl (C=O) groups excluding carboxylic acids is 2. The predicted molar refractivity (Wildman–Crippen MR) is 361 cm³/mol. The Morgan fingerprint density at radius 3 is 0.927 bits per heavy atom. The van der Waals surface area contributed by atoms with Gasteiger partial charge in [0.05, 0.1) is 25.4 Å². The molecule has 0 fully saturated rings. The zero-order chi connectivity index (χ0) is 59.2. The van der Waals surface area contributed by atoms with Crippen LogP contribution in [-0.4, -0.2) is 47.4 Å². The largest absolute Gasteiger partial charge is 0.466 e. The minimum atomic E-state index is -0.662. The van der Waals surface area contributed by atoms with Crippen molar-refractivity contribution in [1.82, 2.24) is 5.32 Å². The topological polar surface area (TPSA) is 95.9 Å². The van der Waals surface area contributed by atoms with Crippen LogP contribution in [-0.2, 0) is 14.3 Å². The Bertz CT molecular complexity index is 1280. The first kappa shape index (κ1) is 80.3. The summed E-state index contributed by atoms with van der Waals surface area (Å²) in [7, 11) is 0. The molecule has 0 rings (SSSR count). The van der Waals surface area contributed by atoms with Gasteiger partial charge in [0.25, 0.3) is 0 Å². The molecule has 0 spiro atoms. The van der Waals surface area contributed by atoms with Gasteiger partial charge in [-0.2, -0.15) is 0 Å². The molecule has 0 heterocycles. The van der Waals surface area contributed by atoms with E-state index in [1.807, 2.05) is 0 Å². The molecule has 0 aromatic carbocycles. The van der Waals surface area contributed by atoms with Crippen LogP contribution in [0.1, 0.15) is 425 Å². The third-order valence-electron chi connectivity index (χ3n) is 17.8. The Morgan fingerprint density at radius 2 is 0.610 bits per heavy atom. The third-order valence-corrected chi connectivity index (χ3v) is 17.8. The molecule has 0 aromatic heterocycles. The van der Waals surface area contributed by atoms with Crippen molar-refractivity contribution < 1.29 is 24.5 Å². The molecule has 0 radical (unpaired) electrons. The molecule has 1 amide bonds. The van der Waals surface area contributed by atoms with Crippen LogP contribution in [0.4, 0.5) is 0 Å². The minimum Gasteiger partial charge on any atom is -0.466 e. The third kappa shape index (κ3) is 67.5. The molecule has 2 unspecified atom stereocenters. The number of hydrogen-bond acceptors (Lipinski definition) is 5. The smallest absolute Gasteiger partial charge is 0.305 e. The van der Waals surface area contributed by atoms with Crippen LogP contribution < -0.4 is 5.32 Å². The molecule has 0 saturated carbocycles. The molecule has 0 aliphatic heterocycles. The maximum Gasteiger partial charge on any atom is 0.305 e. The molecular weight excluding hydrogens is 1010 g/mol. The van der Waals surface area contributed by atoms with Gasteiger partial charge < -0.3 is 20.3 Å². The van der Waals surface area contributed by atoms with Crippen LogP contribution in [0, 0.1) is 0 Å². The van der Waals surface area contributed by atoms with E-state index >= 15 is 0 Å². The lowest BCUT2D eigenvalue weighted by molar-refractivity contribution is -0.143. The van der Waals surface area contributed by atoms with Gasteiger partial charge in [-0.25, -0.2) is 0 Å². The number of nitrogens with one attached hydrogen (secondary N) is 1. The summed E-state index contributed by atoms with van der Waals surface area (Å²) in [5.41, 5.74) is 0. The van der Waals surface area contributed by atoms with Gasteiger partial charge >= 0.3 is 5.97 Å². The molecule has 0 saturated heterocycles. The highest BCUT2D eigenvalue weighted by molar-refractivity contribution is 5.76. The zero-order valence-corrected chi connectivity index (χ0v) is 55.8. The Labute approximate surface area is 513 Å². The van der Waals surface area contributed by atoms with E-state index in [0.717, 1.165) is 44.9 Å². The van der Waals surface area contributed by atoms with Crippen LogP contribution in [0.5, 0.6) is 0 Å². The van der Waals surface area contributed by atoms with Gasteiger partial charge in [-0.3, -0.25) is 9.59 Å². The second-order valence-electron chi connectivity index (χ2n) is 26.0. The summed E-state index contributed by atoms with van der Waals surface area (Å²) < 4.78 is 5.50. The first-order chi connectivity index (χ1) is 40.5. The highest BCUT2D eigenvalue weighted by Gasteiger charge is 2.20. The molecule has 2 atom stereocenters. The van der Waals surface area contributed by atoms with Gasteiger partial charge in [-0.15, -0.1) is 0 Å². The number of aliphatic hydroxyl groups excluding tert-OH is 2. The Kier molecular flexibility index (Phi) is 70.4. The van der Waals surface area contributed by atoms with E-state index in [9.17, 15) is 19.8 Å². The average Bonchev–Trinajstić information content (AvgIpc) is 3.48. The number of amides is 1. The molecule has 0 aliphatic rings. The Morgan fingerprint density at radius 1 is 0.341 bits per heavy atom. The maximum absolute atomic E-state index is 12.5. The summed E-state index contributed by atoms with van der Waals surface area (Å²) in [6.07, 6.45) is 91.1. The summed E-state index contributed by atoms with van der Waals surface area (Å²) >= 11 is 0. The lowest BCUT2D eigenvalue weighted by atomic mass is 10.0. The van der Waals surface area contributed by atoms with Crippen molar-refractivity contribution in [3.05, 3.63) is 24.3 Å². The van der Waals surface area contributed by atoms with Crippen LogP contribution in [0.2, 0.25) is 0 Å². The Hall–Kier alpha value is -1.66. The van der Waals surface area contributed by atoms with Crippen molar-refractivity contribution in [2.24, 2.45) is 0 Å². The summed E-state index contributed by atoms with van der Waals surface area (Å²) in [6.45, 7) is 5.00. The van der Waals surface area contributed by atoms with Crippen LogP contribution in [0.25, 0.3) is 0 Å². The number of allylic oxidation sites excluding steroid dienone is 4. The molecule has 6 nitrogen and oxygen atoms in total. The number of ether oxygens (including phenoxy) is 1. The Balaban J connectivity index is 3.35. The summed E-state index contributed by atoms with van der Waals surface area (Å²) in [5.74, 6) is -0.00889. The fourth-order valence-corrected chi connectivity index (χ4v) is 12.0. The molecule has 82 heavy (non-hydrogen) atoms. The van der Waals surface area contributed by atoms with Crippen LogP contribution in [0.15, 0.2) is 24.3 Å². The number of carbonyl (C=O) groups is 2. The molecule has 0 bridgehead atoms. The van der Waals surface area contributed by atoms with Gasteiger partial charge in [0, 0.05) is 12.8 Å². The molecule has 0 aliphatic carbocycles. The number of aliphatic hydroxyl groups is 2. The minimum absolute atomic E-state index is 0.0205. The van der Waals surface area contributed by atoms with Gasteiger partial charge in [0.2, 0.25) is 5.91 Å². The molecule has 6 heteroatoms. The van der Waals surface area contributed by atoms with E-state index in [1.54, 1.807) is 0 Å². The first-order valence-electron chi connectivity index (χ1n) is 37.6. The van der Waals surface area contributed by atoms with E-state index in [4.69, 9.17) is 4.74 Å².